The van der Waals surface area contributed by atoms with Crippen molar-refractivity contribution in [3.63, 3.8) is 0 Å². The van der Waals surface area contributed by atoms with Crippen LogP contribution in [-0.4, -0.2) is 35.7 Å². The molecule has 0 aromatic heterocycles. The van der Waals surface area contributed by atoms with E-state index in [1.807, 2.05) is 31.2 Å². The van der Waals surface area contributed by atoms with E-state index in [4.69, 9.17) is 4.74 Å². The van der Waals surface area contributed by atoms with Crippen molar-refractivity contribution < 1.29 is 19.0 Å². The third kappa shape index (κ3) is 4.09. The van der Waals surface area contributed by atoms with Crippen LogP contribution in [0.3, 0.4) is 0 Å². The molecule has 1 heterocycles. The molecule has 2 aromatic rings. The van der Waals surface area contributed by atoms with Gasteiger partial charge in [-0.2, -0.15) is 0 Å². The number of hydrogen-bond donors (Lipinski definition) is 2. The first kappa shape index (κ1) is 17.2. The lowest BCUT2D eigenvalue weighted by Crippen LogP contribution is -2.47. The van der Waals surface area contributed by atoms with Gasteiger partial charge in [-0.3, -0.25) is 0 Å². The highest BCUT2D eigenvalue weighted by molar-refractivity contribution is 5.74. The van der Waals surface area contributed by atoms with Gasteiger partial charge in [0.15, 0.2) is 11.6 Å². The van der Waals surface area contributed by atoms with E-state index in [2.05, 4.69) is 5.32 Å². The van der Waals surface area contributed by atoms with Gasteiger partial charge < -0.3 is 20.1 Å². The molecule has 2 aromatic carbocycles. The quantitative estimate of drug-likeness (QED) is 0.899. The zero-order valence-electron chi connectivity index (χ0n) is 14.0. The lowest BCUT2D eigenvalue weighted by atomic mass is 10.0. The highest BCUT2D eigenvalue weighted by Crippen LogP contribution is 2.25. The Morgan fingerprint density at radius 2 is 2.16 bits per heavy atom. The molecule has 132 valence electrons. The summed E-state index contributed by atoms with van der Waals surface area (Å²) in [6.45, 7) is 3.68. The van der Waals surface area contributed by atoms with Gasteiger partial charge in [-0.25, -0.2) is 9.18 Å². The summed E-state index contributed by atoms with van der Waals surface area (Å²) in [6, 6.07) is 11.8. The minimum Gasteiger partial charge on any atom is -0.505 e. The second-order valence-electron chi connectivity index (χ2n) is 6.11. The van der Waals surface area contributed by atoms with Crippen molar-refractivity contribution >= 4 is 6.03 Å². The van der Waals surface area contributed by atoms with Crippen molar-refractivity contribution in [2.45, 2.75) is 19.6 Å². The van der Waals surface area contributed by atoms with Crippen molar-refractivity contribution in [3.05, 3.63) is 65.0 Å². The average molecular weight is 344 g/mol. The van der Waals surface area contributed by atoms with Crippen LogP contribution in [-0.2, 0) is 11.3 Å². The number of hydrogen-bond acceptors (Lipinski definition) is 3. The molecule has 1 unspecified atom stereocenters. The Morgan fingerprint density at radius 1 is 1.36 bits per heavy atom. The highest BCUT2D eigenvalue weighted by Gasteiger charge is 2.26. The average Bonchev–Trinajstić information content (AvgIpc) is 2.63. The smallest absolute Gasteiger partial charge is 0.317 e. The maximum Gasteiger partial charge on any atom is 0.317 e. The SMILES string of the molecule is Cc1ccccc1C1CN(C(=O)NCc2ccc(O)c(F)c2)CCO1. The van der Waals surface area contributed by atoms with Crippen LogP contribution >= 0.6 is 0 Å². The maximum absolute atomic E-state index is 13.3. The number of carbonyl (C=O) groups excluding carboxylic acids is 1. The number of halogens is 1. The zero-order chi connectivity index (χ0) is 17.8. The molecule has 2 amide bonds. The first-order chi connectivity index (χ1) is 12.0. The molecule has 1 aliphatic rings. The summed E-state index contributed by atoms with van der Waals surface area (Å²) in [6.07, 6.45) is -0.146. The Balaban J connectivity index is 1.60. The standard InChI is InChI=1S/C19H21FN2O3/c1-13-4-2-3-5-15(13)18-12-22(8-9-25-18)19(24)21-11-14-6-7-17(23)16(20)10-14/h2-7,10,18,23H,8-9,11-12H2,1H3,(H,21,24). The molecule has 0 radical (unpaired) electrons. The summed E-state index contributed by atoms with van der Waals surface area (Å²) >= 11 is 0. The van der Waals surface area contributed by atoms with Crippen molar-refractivity contribution in [1.29, 1.82) is 0 Å². The predicted molar refractivity (Wildman–Crippen MR) is 91.7 cm³/mol. The molecule has 1 aliphatic heterocycles. The number of phenolic OH excluding ortho intramolecular Hbond substituents is 1. The van der Waals surface area contributed by atoms with Gasteiger partial charge >= 0.3 is 6.03 Å². The molecule has 3 rings (SSSR count). The molecule has 2 N–H and O–H groups in total. The van der Waals surface area contributed by atoms with Crippen LogP contribution in [0, 0.1) is 12.7 Å². The fourth-order valence-electron chi connectivity index (χ4n) is 2.92. The zero-order valence-corrected chi connectivity index (χ0v) is 14.0. The van der Waals surface area contributed by atoms with Crippen LogP contribution in [0.2, 0.25) is 0 Å². The fourth-order valence-corrected chi connectivity index (χ4v) is 2.92. The summed E-state index contributed by atoms with van der Waals surface area (Å²) in [5.41, 5.74) is 2.81. The Labute approximate surface area is 146 Å². The van der Waals surface area contributed by atoms with E-state index in [0.29, 0.717) is 25.3 Å². The lowest BCUT2D eigenvalue weighted by molar-refractivity contribution is -0.0157. The number of ether oxygens (including phenoxy) is 1. The number of aryl methyl sites for hydroxylation is 1. The number of amides is 2. The number of benzene rings is 2. The minimum atomic E-state index is -0.697. The molecule has 25 heavy (non-hydrogen) atoms. The molecule has 5 nitrogen and oxygen atoms in total. The Bertz CT molecular complexity index is 766. The van der Waals surface area contributed by atoms with Gasteiger partial charge in [0.25, 0.3) is 0 Å². The van der Waals surface area contributed by atoms with Gasteiger partial charge in [0, 0.05) is 13.1 Å². The van der Waals surface area contributed by atoms with Crippen LogP contribution in [0.4, 0.5) is 9.18 Å². The van der Waals surface area contributed by atoms with Gasteiger partial charge in [0.1, 0.15) is 6.10 Å². The van der Waals surface area contributed by atoms with Gasteiger partial charge in [0.05, 0.1) is 13.2 Å². The molecule has 1 saturated heterocycles. The number of nitrogens with zero attached hydrogens (tertiary/aromatic N) is 1. The number of carbonyl (C=O) groups is 1. The van der Waals surface area contributed by atoms with Gasteiger partial charge in [-0.1, -0.05) is 30.3 Å². The van der Waals surface area contributed by atoms with Crippen LogP contribution in [0.1, 0.15) is 22.8 Å². The first-order valence-corrected chi connectivity index (χ1v) is 8.22. The van der Waals surface area contributed by atoms with Crippen LogP contribution < -0.4 is 5.32 Å². The molecule has 6 heteroatoms. The van der Waals surface area contributed by atoms with E-state index in [0.717, 1.165) is 11.1 Å². The number of rotatable bonds is 3. The Kier molecular flexibility index (Phi) is 5.19. The van der Waals surface area contributed by atoms with Crippen molar-refractivity contribution in [2.75, 3.05) is 19.7 Å². The molecule has 0 spiro atoms. The first-order valence-electron chi connectivity index (χ1n) is 8.22. The summed E-state index contributed by atoms with van der Waals surface area (Å²) < 4.78 is 19.2. The van der Waals surface area contributed by atoms with Crippen LogP contribution in [0.5, 0.6) is 5.75 Å². The van der Waals surface area contributed by atoms with E-state index in [9.17, 15) is 14.3 Å². The number of urea groups is 1. The van der Waals surface area contributed by atoms with Crippen molar-refractivity contribution in [2.24, 2.45) is 0 Å². The monoisotopic (exact) mass is 344 g/mol. The highest BCUT2D eigenvalue weighted by atomic mass is 19.1. The van der Waals surface area contributed by atoms with Crippen molar-refractivity contribution in [3.8, 4) is 5.75 Å². The summed E-state index contributed by atoms with van der Waals surface area (Å²) in [5, 5.41) is 12.0. The minimum absolute atomic E-state index is 0.146. The Hall–Kier alpha value is -2.60. The topological polar surface area (TPSA) is 61.8 Å². The van der Waals surface area contributed by atoms with E-state index in [-0.39, 0.29) is 18.7 Å². The normalized spacial score (nSPS) is 17.4. The molecule has 0 saturated carbocycles. The van der Waals surface area contributed by atoms with Gasteiger partial charge in [-0.05, 0) is 35.7 Å². The van der Waals surface area contributed by atoms with Gasteiger partial charge in [0.2, 0.25) is 0 Å². The number of nitrogens with one attached hydrogen (secondary N) is 1. The third-order valence-corrected chi connectivity index (χ3v) is 4.34. The lowest BCUT2D eigenvalue weighted by Gasteiger charge is -2.33. The molecule has 1 fully saturated rings. The third-order valence-electron chi connectivity index (χ3n) is 4.34. The number of morpholine rings is 1. The van der Waals surface area contributed by atoms with E-state index in [1.165, 1.54) is 12.1 Å². The molecule has 0 aliphatic carbocycles. The molecular weight excluding hydrogens is 323 g/mol. The molecular formula is C19H21FN2O3. The fraction of sp³-hybridized carbons (Fsp3) is 0.316. The number of phenols is 1. The predicted octanol–water partition coefficient (Wildman–Crippen LogP) is 3.12. The molecule has 1 atom stereocenters. The van der Waals surface area contributed by atoms with Gasteiger partial charge in [-0.15, -0.1) is 0 Å². The second-order valence-corrected chi connectivity index (χ2v) is 6.11. The Morgan fingerprint density at radius 3 is 2.92 bits per heavy atom. The summed E-state index contributed by atoms with van der Waals surface area (Å²) in [7, 11) is 0. The van der Waals surface area contributed by atoms with E-state index >= 15 is 0 Å². The largest absolute Gasteiger partial charge is 0.505 e. The van der Waals surface area contributed by atoms with Crippen molar-refractivity contribution in [1.82, 2.24) is 10.2 Å². The van der Waals surface area contributed by atoms with Crippen LogP contribution in [0.15, 0.2) is 42.5 Å². The number of aromatic hydroxyl groups is 1. The van der Waals surface area contributed by atoms with E-state index < -0.39 is 11.6 Å². The summed E-state index contributed by atoms with van der Waals surface area (Å²) in [4.78, 5) is 14.1. The molecule has 0 bridgehead atoms. The second kappa shape index (κ2) is 7.53. The van der Waals surface area contributed by atoms with E-state index in [1.54, 1.807) is 11.0 Å². The van der Waals surface area contributed by atoms with Crippen LogP contribution in [0.25, 0.3) is 0 Å². The summed E-state index contributed by atoms with van der Waals surface area (Å²) in [5.74, 6) is -1.10. The maximum atomic E-state index is 13.3.